The molecule has 2 heterocycles. The molecule has 0 aromatic carbocycles. The summed E-state index contributed by atoms with van der Waals surface area (Å²) in [6.45, 7) is 1.94. The molecule has 3 heteroatoms. The van der Waals surface area contributed by atoms with Crippen LogP contribution in [0.5, 0.6) is 0 Å². The van der Waals surface area contributed by atoms with Crippen LogP contribution in [0.1, 0.15) is 17.6 Å². The standard InChI is InChI=1S/C10H9F2N/c1-7-4-9-3-2-8(10(11)12)6-13(9)5-7/h2-6,10H,1H3. The summed E-state index contributed by atoms with van der Waals surface area (Å²) in [5.41, 5.74) is 2.08. The number of alkyl halides is 2. The number of nitrogens with zero attached hydrogens (tertiary/aromatic N) is 1. The molecule has 2 aromatic heterocycles. The van der Waals surface area contributed by atoms with Crippen molar-refractivity contribution in [2.45, 2.75) is 13.3 Å². The van der Waals surface area contributed by atoms with Gasteiger partial charge in [0, 0.05) is 23.5 Å². The van der Waals surface area contributed by atoms with Crippen molar-refractivity contribution in [3.8, 4) is 0 Å². The minimum Gasteiger partial charge on any atom is -0.323 e. The van der Waals surface area contributed by atoms with E-state index in [4.69, 9.17) is 0 Å². The molecule has 0 aliphatic heterocycles. The second-order valence-electron chi connectivity index (χ2n) is 3.11. The molecular formula is C10H9F2N. The number of rotatable bonds is 1. The Bertz CT molecular complexity index is 431. The molecule has 0 bridgehead atoms. The average Bonchev–Trinajstić information content (AvgIpc) is 2.42. The molecular weight excluding hydrogens is 172 g/mol. The number of hydrogen-bond acceptors (Lipinski definition) is 0. The summed E-state index contributed by atoms with van der Waals surface area (Å²) in [6, 6.07) is 5.11. The molecule has 0 saturated heterocycles. The number of aryl methyl sites for hydroxylation is 1. The smallest absolute Gasteiger partial charge is 0.265 e. The van der Waals surface area contributed by atoms with Gasteiger partial charge in [-0.25, -0.2) is 8.78 Å². The Morgan fingerprint density at radius 3 is 2.69 bits per heavy atom. The molecule has 0 fully saturated rings. The average molecular weight is 181 g/mol. The van der Waals surface area contributed by atoms with Gasteiger partial charge in [-0.1, -0.05) is 0 Å². The van der Waals surface area contributed by atoms with E-state index in [1.165, 1.54) is 12.3 Å². The monoisotopic (exact) mass is 181 g/mol. The first-order valence-corrected chi connectivity index (χ1v) is 4.03. The third-order valence-electron chi connectivity index (χ3n) is 2.00. The zero-order valence-electron chi connectivity index (χ0n) is 7.17. The van der Waals surface area contributed by atoms with Crippen LogP contribution in [0.15, 0.2) is 30.6 Å². The summed E-state index contributed by atoms with van der Waals surface area (Å²) >= 11 is 0. The highest BCUT2D eigenvalue weighted by molar-refractivity contribution is 5.50. The third-order valence-corrected chi connectivity index (χ3v) is 2.00. The number of halogens is 2. The van der Waals surface area contributed by atoms with Crippen molar-refractivity contribution in [3.63, 3.8) is 0 Å². The minimum absolute atomic E-state index is 0.0584. The van der Waals surface area contributed by atoms with Crippen LogP contribution in [0.4, 0.5) is 8.78 Å². The quantitative estimate of drug-likeness (QED) is 0.636. The Morgan fingerprint density at radius 1 is 1.23 bits per heavy atom. The maximum absolute atomic E-state index is 12.3. The largest absolute Gasteiger partial charge is 0.323 e. The Morgan fingerprint density at radius 2 is 2.00 bits per heavy atom. The van der Waals surface area contributed by atoms with Crippen LogP contribution < -0.4 is 0 Å². The third kappa shape index (κ3) is 1.41. The van der Waals surface area contributed by atoms with Gasteiger partial charge in [0.15, 0.2) is 0 Å². The second kappa shape index (κ2) is 2.83. The van der Waals surface area contributed by atoms with Crippen LogP contribution in [-0.4, -0.2) is 4.40 Å². The van der Waals surface area contributed by atoms with Crippen LogP contribution in [0.25, 0.3) is 5.52 Å². The van der Waals surface area contributed by atoms with Gasteiger partial charge in [-0.05, 0) is 30.7 Å². The molecule has 0 saturated carbocycles. The molecule has 0 radical (unpaired) electrons. The number of aromatic nitrogens is 1. The lowest BCUT2D eigenvalue weighted by Gasteiger charge is -2.00. The highest BCUT2D eigenvalue weighted by atomic mass is 19.3. The van der Waals surface area contributed by atoms with Gasteiger partial charge in [0.05, 0.1) is 0 Å². The summed E-state index contributed by atoms with van der Waals surface area (Å²) in [7, 11) is 0. The van der Waals surface area contributed by atoms with E-state index in [0.717, 1.165) is 11.1 Å². The van der Waals surface area contributed by atoms with E-state index in [0.29, 0.717) is 0 Å². The lowest BCUT2D eigenvalue weighted by Crippen LogP contribution is -1.88. The summed E-state index contributed by atoms with van der Waals surface area (Å²) < 4.78 is 26.3. The van der Waals surface area contributed by atoms with Crippen molar-refractivity contribution in [2.75, 3.05) is 0 Å². The maximum Gasteiger partial charge on any atom is 0.265 e. The zero-order chi connectivity index (χ0) is 9.42. The molecule has 13 heavy (non-hydrogen) atoms. The van der Waals surface area contributed by atoms with Crippen molar-refractivity contribution in [1.29, 1.82) is 0 Å². The van der Waals surface area contributed by atoms with Gasteiger partial charge in [-0.15, -0.1) is 0 Å². The Balaban J connectivity index is 2.61. The molecule has 2 rings (SSSR count). The Hall–Kier alpha value is -1.38. The van der Waals surface area contributed by atoms with Crippen molar-refractivity contribution in [3.05, 3.63) is 41.7 Å². The van der Waals surface area contributed by atoms with Gasteiger partial charge in [0.1, 0.15) is 0 Å². The SMILES string of the molecule is Cc1cc2ccc(C(F)F)cn2c1. The van der Waals surface area contributed by atoms with Gasteiger partial charge in [0.2, 0.25) is 0 Å². The molecule has 0 spiro atoms. The lowest BCUT2D eigenvalue weighted by atomic mass is 10.3. The molecule has 2 aromatic rings. The Kier molecular flexibility index (Phi) is 1.79. The van der Waals surface area contributed by atoms with E-state index in [2.05, 4.69) is 0 Å². The highest BCUT2D eigenvalue weighted by Crippen LogP contribution is 2.20. The molecule has 0 atom stereocenters. The Labute approximate surface area is 74.6 Å². The maximum atomic E-state index is 12.3. The van der Waals surface area contributed by atoms with Crippen molar-refractivity contribution < 1.29 is 8.78 Å². The van der Waals surface area contributed by atoms with Gasteiger partial charge >= 0.3 is 0 Å². The molecule has 0 aliphatic rings. The molecule has 0 unspecified atom stereocenters. The predicted octanol–water partition coefficient (Wildman–Crippen LogP) is 3.19. The first-order valence-electron chi connectivity index (χ1n) is 4.03. The van der Waals surface area contributed by atoms with E-state index in [1.54, 1.807) is 10.5 Å². The number of fused-ring (bicyclic) bond motifs is 1. The van der Waals surface area contributed by atoms with Crippen molar-refractivity contribution >= 4 is 5.52 Å². The van der Waals surface area contributed by atoms with E-state index < -0.39 is 6.43 Å². The van der Waals surface area contributed by atoms with Gasteiger partial charge in [-0.3, -0.25) is 0 Å². The molecule has 0 amide bonds. The number of hydrogen-bond donors (Lipinski definition) is 0. The summed E-state index contributed by atoms with van der Waals surface area (Å²) in [6.07, 6.45) is 0.904. The zero-order valence-corrected chi connectivity index (χ0v) is 7.17. The van der Waals surface area contributed by atoms with Crippen LogP contribution in [-0.2, 0) is 0 Å². The fourth-order valence-electron chi connectivity index (χ4n) is 1.40. The molecule has 1 nitrogen and oxygen atoms in total. The normalized spacial score (nSPS) is 11.4. The van der Waals surface area contributed by atoms with E-state index in [9.17, 15) is 8.78 Å². The second-order valence-corrected chi connectivity index (χ2v) is 3.11. The fourth-order valence-corrected chi connectivity index (χ4v) is 1.40. The van der Waals surface area contributed by atoms with Crippen molar-refractivity contribution in [2.24, 2.45) is 0 Å². The molecule has 0 aliphatic carbocycles. The summed E-state index contributed by atoms with van der Waals surface area (Å²) in [5, 5.41) is 0. The van der Waals surface area contributed by atoms with E-state index in [1.807, 2.05) is 19.2 Å². The lowest BCUT2D eigenvalue weighted by molar-refractivity contribution is 0.151. The minimum atomic E-state index is -2.40. The van der Waals surface area contributed by atoms with Crippen molar-refractivity contribution in [1.82, 2.24) is 4.40 Å². The first-order chi connectivity index (χ1) is 6.16. The molecule has 68 valence electrons. The van der Waals surface area contributed by atoms with E-state index in [-0.39, 0.29) is 5.56 Å². The van der Waals surface area contributed by atoms with Crippen LogP contribution in [0.2, 0.25) is 0 Å². The number of pyridine rings is 1. The summed E-state index contributed by atoms with van der Waals surface area (Å²) in [4.78, 5) is 0. The van der Waals surface area contributed by atoms with Gasteiger partial charge < -0.3 is 4.40 Å². The van der Waals surface area contributed by atoms with Crippen LogP contribution >= 0.6 is 0 Å². The summed E-state index contributed by atoms with van der Waals surface area (Å²) in [5.74, 6) is 0. The predicted molar refractivity (Wildman–Crippen MR) is 47.1 cm³/mol. The van der Waals surface area contributed by atoms with Crippen LogP contribution in [0.3, 0.4) is 0 Å². The van der Waals surface area contributed by atoms with Gasteiger partial charge in [0.25, 0.3) is 6.43 Å². The van der Waals surface area contributed by atoms with Crippen LogP contribution in [0, 0.1) is 6.92 Å². The first kappa shape index (κ1) is 8.23. The molecule has 0 N–H and O–H groups in total. The fraction of sp³-hybridized carbons (Fsp3) is 0.200. The topological polar surface area (TPSA) is 4.41 Å². The van der Waals surface area contributed by atoms with Gasteiger partial charge in [-0.2, -0.15) is 0 Å². The van der Waals surface area contributed by atoms with E-state index >= 15 is 0 Å². The highest BCUT2D eigenvalue weighted by Gasteiger charge is 2.07.